The first-order valence-corrected chi connectivity index (χ1v) is 9.75. The molecule has 1 amide bonds. The van der Waals surface area contributed by atoms with E-state index in [4.69, 9.17) is 14.6 Å². The van der Waals surface area contributed by atoms with Crippen molar-refractivity contribution in [1.29, 1.82) is 0 Å². The van der Waals surface area contributed by atoms with Gasteiger partial charge in [0, 0.05) is 12.7 Å². The number of hydrogen-bond acceptors (Lipinski definition) is 7. The molecule has 0 saturated carbocycles. The average molecular weight is 419 g/mol. The molecule has 0 bridgehead atoms. The van der Waals surface area contributed by atoms with Gasteiger partial charge in [-0.3, -0.25) is 9.59 Å². The number of hydrogen-bond donors (Lipinski definition) is 2. The van der Waals surface area contributed by atoms with Gasteiger partial charge in [0.2, 0.25) is 11.0 Å². The molecule has 1 unspecified atom stereocenters. The molecule has 0 aliphatic heterocycles. The Morgan fingerprint density at radius 1 is 1.17 bits per heavy atom. The fraction of sp³-hybridized carbons (Fsp3) is 0.300. The van der Waals surface area contributed by atoms with Crippen LogP contribution in [0.15, 0.2) is 47.7 Å². The summed E-state index contributed by atoms with van der Waals surface area (Å²) < 4.78 is 10.6. The Labute approximate surface area is 171 Å². The molecule has 2 N–H and O–H groups in total. The van der Waals surface area contributed by atoms with Crippen LogP contribution in [0.4, 0.5) is 0 Å². The van der Waals surface area contributed by atoms with Crippen LogP contribution in [-0.4, -0.2) is 47.0 Å². The zero-order chi connectivity index (χ0) is 21.4. The number of aliphatic carboxylic acids is 1. The monoisotopic (exact) mass is 419 g/mol. The Hall–Kier alpha value is -3.07. The predicted octanol–water partition coefficient (Wildman–Crippen LogP) is 2.31. The Kier molecular flexibility index (Phi) is 8.02. The van der Waals surface area contributed by atoms with E-state index in [9.17, 15) is 19.2 Å². The Bertz CT molecular complexity index is 875. The molecule has 1 aliphatic rings. The van der Waals surface area contributed by atoms with Gasteiger partial charge in [-0.05, 0) is 31.1 Å². The Morgan fingerprint density at radius 3 is 2.52 bits per heavy atom. The van der Waals surface area contributed by atoms with Gasteiger partial charge in [-0.15, -0.1) is 0 Å². The van der Waals surface area contributed by atoms with Crippen LogP contribution < -0.4 is 10.1 Å². The zero-order valence-corrected chi connectivity index (χ0v) is 16.8. The second kappa shape index (κ2) is 10.5. The van der Waals surface area contributed by atoms with Gasteiger partial charge in [-0.2, -0.15) is 0 Å². The molecule has 9 heteroatoms. The molecule has 0 fully saturated rings. The number of carbonyl (C=O) groups excluding carboxylic acids is 3. The SMILES string of the molecule is COc1ccccc1C(=O)OC1=CCCC=C1C(=O)SCC(NC(C)=O)C(=O)O. The molecule has 2 rings (SSSR count). The molecule has 1 atom stereocenters. The van der Waals surface area contributed by atoms with Crippen LogP contribution in [0.25, 0.3) is 0 Å². The van der Waals surface area contributed by atoms with Gasteiger partial charge in [0.15, 0.2) is 0 Å². The third-order valence-electron chi connectivity index (χ3n) is 3.92. The second-order valence-electron chi connectivity index (χ2n) is 6.04. The summed E-state index contributed by atoms with van der Waals surface area (Å²) in [5.41, 5.74) is 0.411. The molecule has 154 valence electrons. The minimum Gasteiger partial charge on any atom is -0.496 e. The Balaban J connectivity index is 2.08. The first kappa shape index (κ1) is 22.2. The third-order valence-corrected chi connectivity index (χ3v) is 4.90. The maximum absolute atomic E-state index is 12.6. The van der Waals surface area contributed by atoms with Crippen molar-refractivity contribution in [1.82, 2.24) is 5.32 Å². The standard InChI is InChI=1S/C20H21NO7S/c1-12(22)21-15(18(23)24)11-29-20(26)14-8-4-6-10-17(14)28-19(25)13-7-3-5-9-16(13)27-2/h3,5,7-10,15H,4,6,11H2,1-2H3,(H,21,22)(H,23,24). The molecule has 1 aromatic carbocycles. The number of rotatable bonds is 8. The van der Waals surface area contributed by atoms with Crippen molar-refractivity contribution < 1.29 is 33.8 Å². The number of carbonyl (C=O) groups is 4. The number of amides is 1. The largest absolute Gasteiger partial charge is 0.496 e. The number of carboxylic acids is 1. The minimum absolute atomic E-state index is 0.121. The van der Waals surface area contributed by atoms with Crippen LogP contribution in [-0.2, 0) is 19.1 Å². The van der Waals surface area contributed by atoms with E-state index < -0.39 is 29.0 Å². The van der Waals surface area contributed by atoms with E-state index in [1.165, 1.54) is 14.0 Å². The minimum atomic E-state index is -1.24. The zero-order valence-electron chi connectivity index (χ0n) is 16.0. The topological polar surface area (TPSA) is 119 Å². The lowest BCUT2D eigenvalue weighted by Crippen LogP contribution is -2.41. The lowest BCUT2D eigenvalue weighted by molar-refractivity contribution is -0.140. The van der Waals surface area contributed by atoms with E-state index in [1.54, 1.807) is 36.4 Å². The number of ether oxygens (including phenoxy) is 2. The van der Waals surface area contributed by atoms with E-state index >= 15 is 0 Å². The van der Waals surface area contributed by atoms with Crippen molar-refractivity contribution in [2.45, 2.75) is 25.8 Å². The van der Waals surface area contributed by atoms with Gasteiger partial charge >= 0.3 is 11.9 Å². The highest BCUT2D eigenvalue weighted by Crippen LogP contribution is 2.28. The van der Waals surface area contributed by atoms with Crippen LogP contribution in [0.3, 0.4) is 0 Å². The molecule has 8 nitrogen and oxygen atoms in total. The van der Waals surface area contributed by atoms with E-state index in [2.05, 4.69) is 5.32 Å². The number of para-hydroxylation sites is 1. The molecule has 1 aromatic rings. The quantitative estimate of drug-likeness (QED) is 0.616. The van der Waals surface area contributed by atoms with Crippen molar-refractivity contribution >= 4 is 34.7 Å². The van der Waals surface area contributed by atoms with Crippen LogP contribution in [0.2, 0.25) is 0 Å². The molecule has 29 heavy (non-hydrogen) atoms. The molecule has 0 aromatic heterocycles. The number of thioether (sulfide) groups is 1. The summed E-state index contributed by atoms with van der Waals surface area (Å²) in [5, 5.41) is 11.0. The molecule has 0 saturated heterocycles. The van der Waals surface area contributed by atoms with Crippen LogP contribution in [0.5, 0.6) is 5.75 Å². The number of carboxylic acid groups (broad SMARTS) is 1. The number of allylic oxidation sites excluding steroid dienone is 3. The molecule has 0 radical (unpaired) electrons. The van der Waals surface area contributed by atoms with Crippen LogP contribution in [0, 0.1) is 0 Å². The number of benzene rings is 1. The van der Waals surface area contributed by atoms with Gasteiger partial charge in [-0.25, -0.2) is 9.59 Å². The summed E-state index contributed by atoms with van der Waals surface area (Å²) in [5.74, 6) is -2.10. The van der Waals surface area contributed by atoms with Gasteiger partial charge in [-0.1, -0.05) is 30.0 Å². The average Bonchev–Trinajstić information content (AvgIpc) is 2.70. The fourth-order valence-corrected chi connectivity index (χ4v) is 3.44. The molecule has 1 aliphatic carbocycles. The van der Waals surface area contributed by atoms with Gasteiger partial charge in [0.1, 0.15) is 23.1 Å². The lowest BCUT2D eigenvalue weighted by Gasteiger charge is -2.17. The Morgan fingerprint density at radius 2 is 1.86 bits per heavy atom. The molecule has 0 spiro atoms. The summed E-state index contributed by atoms with van der Waals surface area (Å²) in [6.07, 6.45) is 4.48. The summed E-state index contributed by atoms with van der Waals surface area (Å²) in [6, 6.07) is 5.36. The van der Waals surface area contributed by atoms with E-state index in [0.29, 0.717) is 18.6 Å². The smallest absolute Gasteiger partial charge is 0.347 e. The summed E-state index contributed by atoms with van der Waals surface area (Å²) in [4.78, 5) is 47.4. The molecule has 0 heterocycles. The number of esters is 1. The normalized spacial score (nSPS) is 14.1. The first-order chi connectivity index (χ1) is 13.8. The van der Waals surface area contributed by atoms with Gasteiger partial charge in [0.05, 0.1) is 12.7 Å². The van der Waals surface area contributed by atoms with Crippen molar-refractivity contribution in [3.05, 3.63) is 53.3 Å². The third kappa shape index (κ3) is 6.21. The van der Waals surface area contributed by atoms with Gasteiger partial charge < -0.3 is 19.9 Å². The van der Waals surface area contributed by atoms with E-state index in [0.717, 1.165) is 11.8 Å². The summed E-state index contributed by atoms with van der Waals surface area (Å²) in [7, 11) is 1.44. The van der Waals surface area contributed by atoms with Crippen molar-refractivity contribution in [2.75, 3.05) is 12.9 Å². The van der Waals surface area contributed by atoms with Gasteiger partial charge in [0.25, 0.3) is 0 Å². The van der Waals surface area contributed by atoms with E-state index in [-0.39, 0.29) is 22.6 Å². The maximum atomic E-state index is 12.6. The second-order valence-corrected chi connectivity index (χ2v) is 7.04. The fourth-order valence-electron chi connectivity index (χ4n) is 2.56. The van der Waals surface area contributed by atoms with Crippen molar-refractivity contribution in [3.63, 3.8) is 0 Å². The van der Waals surface area contributed by atoms with Crippen molar-refractivity contribution in [2.24, 2.45) is 0 Å². The number of nitrogens with one attached hydrogen (secondary N) is 1. The highest BCUT2D eigenvalue weighted by atomic mass is 32.2. The lowest BCUT2D eigenvalue weighted by atomic mass is 10.1. The first-order valence-electron chi connectivity index (χ1n) is 8.76. The summed E-state index contributed by atoms with van der Waals surface area (Å²) in [6.45, 7) is 1.20. The van der Waals surface area contributed by atoms with E-state index in [1.807, 2.05) is 0 Å². The van der Waals surface area contributed by atoms with Crippen LogP contribution >= 0.6 is 11.8 Å². The predicted molar refractivity (Wildman–Crippen MR) is 107 cm³/mol. The number of methoxy groups -OCH3 is 1. The van der Waals surface area contributed by atoms with Crippen molar-refractivity contribution in [3.8, 4) is 5.75 Å². The highest BCUT2D eigenvalue weighted by Gasteiger charge is 2.26. The highest BCUT2D eigenvalue weighted by molar-refractivity contribution is 8.14. The summed E-state index contributed by atoms with van der Waals surface area (Å²) >= 11 is 0.736. The van der Waals surface area contributed by atoms with Crippen LogP contribution in [0.1, 0.15) is 30.1 Å². The molecular weight excluding hydrogens is 398 g/mol. The maximum Gasteiger partial charge on any atom is 0.347 e. The molecular formula is C20H21NO7S.